The van der Waals surface area contributed by atoms with Gasteiger partial charge in [-0.2, -0.15) is 0 Å². The van der Waals surface area contributed by atoms with Gasteiger partial charge in [0.15, 0.2) is 0 Å². The van der Waals surface area contributed by atoms with Crippen LogP contribution in [0.4, 0.5) is 34.1 Å². The predicted molar refractivity (Wildman–Crippen MR) is 238 cm³/mol. The number of rotatable bonds is 10. The van der Waals surface area contributed by atoms with Crippen LogP contribution < -0.4 is 29.3 Å². The first-order valence-electron chi connectivity index (χ1n) is 19.8. The lowest BCUT2D eigenvalue weighted by Gasteiger charge is -2.30. The smallest absolute Gasteiger partial charge is 0.309 e. The number of nitro benzene ring substituents is 3. The number of carboxylic acids is 1. The highest BCUT2D eigenvalue weighted by Gasteiger charge is 2.26. The molecule has 3 aromatic heterocycles. The number of non-ortho nitro benzene ring substituents is 3. The summed E-state index contributed by atoms with van der Waals surface area (Å²) in [5.74, 6) is 0.844. The number of aromatic amines is 3. The zero-order valence-corrected chi connectivity index (χ0v) is 35.2. The lowest BCUT2D eigenvalue weighted by Crippen LogP contribution is -2.39. The van der Waals surface area contributed by atoms with Crippen molar-refractivity contribution in [1.29, 1.82) is 0 Å². The first-order chi connectivity index (χ1) is 31.9. The average molecular weight is 909 g/mol. The highest BCUT2D eigenvalue weighted by Crippen LogP contribution is 2.36. The summed E-state index contributed by atoms with van der Waals surface area (Å²) in [6.45, 7) is 10.3. The van der Waals surface area contributed by atoms with Crippen molar-refractivity contribution in [2.24, 2.45) is 0 Å². The monoisotopic (exact) mass is 908 g/mol. The maximum absolute atomic E-state index is 12.4. The molecule has 24 heteroatoms. The molecule has 0 saturated heterocycles. The Balaban J connectivity index is 0.000000168. The van der Waals surface area contributed by atoms with Crippen molar-refractivity contribution in [3.8, 4) is 17.2 Å². The SMILES string of the molecule is C=C=C.O=C(Cc1cnc[nH]1)N1CCOc2ccc([N+](=O)[O-])cc21.O=C(O)Cc1cnc[nH]1.O=[N+]([O-])c1ccc2c(c1)N(CCc1cnc[nH]1)CCO2.O=[N+]([O-])c1ccc2c(c1)NCCO2. The van der Waals surface area contributed by atoms with Gasteiger partial charge in [-0.25, -0.2) is 15.0 Å². The van der Waals surface area contributed by atoms with Crippen molar-refractivity contribution in [3.05, 3.63) is 158 Å². The van der Waals surface area contributed by atoms with E-state index in [1.165, 1.54) is 60.1 Å². The fourth-order valence-corrected chi connectivity index (χ4v) is 6.29. The maximum Gasteiger partial charge on any atom is 0.309 e. The number of hydrogen-bond donors (Lipinski definition) is 5. The molecule has 24 nitrogen and oxygen atoms in total. The van der Waals surface area contributed by atoms with Gasteiger partial charge in [0.05, 0.1) is 76.7 Å². The number of aromatic nitrogens is 6. The summed E-state index contributed by atoms with van der Waals surface area (Å²) in [7, 11) is 0. The van der Waals surface area contributed by atoms with Crippen LogP contribution >= 0.6 is 0 Å². The number of amides is 1. The molecule has 0 unspecified atom stereocenters. The number of nitrogens with zero attached hydrogens (tertiary/aromatic N) is 8. The van der Waals surface area contributed by atoms with Crippen molar-refractivity contribution in [2.45, 2.75) is 19.3 Å². The molecule has 0 fully saturated rings. The second-order valence-electron chi connectivity index (χ2n) is 13.7. The van der Waals surface area contributed by atoms with Gasteiger partial charge < -0.3 is 49.4 Å². The Morgan fingerprint density at radius 2 is 1.17 bits per heavy atom. The van der Waals surface area contributed by atoms with Gasteiger partial charge in [0.2, 0.25) is 5.91 Å². The molecule has 5 N–H and O–H groups in total. The Kier molecular flexibility index (Phi) is 17.4. The number of aliphatic carboxylic acids is 1. The van der Waals surface area contributed by atoms with E-state index in [9.17, 15) is 39.9 Å². The first-order valence-corrected chi connectivity index (χ1v) is 19.8. The number of nitro groups is 3. The molecule has 0 saturated carbocycles. The third kappa shape index (κ3) is 14.0. The highest BCUT2D eigenvalue weighted by molar-refractivity contribution is 5.96. The Morgan fingerprint density at radius 1 is 0.682 bits per heavy atom. The van der Waals surface area contributed by atoms with E-state index in [1.807, 2.05) is 0 Å². The molecule has 1 amide bonds. The van der Waals surface area contributed by atoms with Crippen LogP contribution in [0, 0.1) is 30.3 Å². The van der Waals surface area contributed by atoms with Crippen LogP contribution in [0.3, 0.4) is 0 Å². The largest absolute Gasteiger partial charge is 0.490 e. The van der Waals surface area contributed by atoms with Crippen LogP contribution in [0.2, 0.25) is 0 Å². The number of H-pyrrole nitrogens is 3. The fraction of sp³-hybridized carbons (Fsp3) is 0.238. The molecule has 0 radical (unpaired) electrons. The van der Waals surface area contributed by atoms with Crippen molar-refractivity contribution in [3.63, 3.8) is 0 Å². The van der Waals surface area contributed by atoms with Crippen LogP contribution in [0.25, 0.3) is 0 Å². The third-order valence-electron chi connectivity index (χ3n) is 9.28. The Morgan fingerprint density at radius 3 is 1.71 bits per heavy atom. The minimum Gasteiger partial charge on any atom is -0.490 e. The van der Waals surface area contributed by atoms with E-state index in [0.29, 0.717) is 72.9 Å². The summed E-state index contributed by atoms with van der Waals surface area (Å²) >= 11 is 0. The number of ether oxygens (including phenoxy) is 3. The van der Waals surface area contributed by atoms with Crippen LogP contribution in [-0.4, -0.2) is 108 Å². The van der Waals surface area contributed by atoms with Crippen LogP contribution in [0.1, 0.15) is 17.1 Å². The highest BCUT2D eigenvalue weighted by atomic mass is 16.6. The molecule has 6 aromatic rings. The standard InChI is InChI=1S/C13H12N4O4.C13H14N4O3.C8H8N2O3.C5H6N2O2.C3H4/c18-13(5-9-7-14-8-15-9)16-3-4-21-12-2-1-10(17(19)20)6-11(12)16;18-17(19)11-1-2-13-12(7-11)16(5-6-20-13)4-3-10-8-14-9-15-10;11-10(12)6-1-2-8-7(5-6)9-3-4-13-8;8-5(9)1-4-2-6-3-7-4;1-3-2/h1-2,6-8H,3-5H2,(H,14,15);1-2,7-9H,3-6H2,(H,14,15);1-2,5,9H,3-4H2;2-3H,1H2,(H,6,7)(H,8,9);1-2H2. The van der Waals surface area contributed by atoms with Gasteiger partial charge in [-0.1, -0.05) is 13.2 Å². The number of fused-ring (bicyclic) bond motifs is 3. The van der Waals surface area contributed by atoms with Gasteiger partial charge in [0.1, 0.15) is 37.1 Å². The maximum atomic E-state index is 12.4. The second kappa shape index (κ2) is 24.0. The first kappa shape index (κ1) is 48.0. The van der Waals surface area contributed by atoms with Crippen molar-refractivity contribution in [2.75, 3.05) is 61.1 Å². The molecule has 3 aromatic carbocycles. The molecule has 0 bridgehead atoms. The molecular formula is C42H44N12O12. The molecule has 66 heavy (non-hydrogen) atoms. The van der Waals surface area contributed by atoms with E-state index in [4.69, 9.17) is 19.3 Å². The molecule has 0 atom stereocenters. The zero-order valence-electron chi connectivity index (χ0n) is 35.2. The number of carbonyl (C=O) groups excluding carboxylic acids is 1. The third-order valence-corrected chi connectivity index (χ3v) is 9.28. The minimum atomic E-state index is -0.848. The summed E-state index contributed by atoms with van der Waals surface area (Å²) in [5.41, 5.74) is 6.62. The molecule has 0 aliphatic carbocycles. The number of imidazole rings is 3. The van der Waals surface area contributed by atoms with Gasteiger partial charge in [-0.3, -0.25) is 39.9 Å². The molecule has 9 rings (SSSR count). The summed E-state index contributed by atoms with van der Waals surface area (Å²) in [6.07, 6.45) is 10.4. The molecule has 0 spiro atoms. The zero-order chi connectivity index (χ0) is 47.4. The van der Waals surface area contributed by atoms with E-state index in [2.05, 4.69) is 59.0 Å². The topological polar surface area (TPSA) is 316 Å². The number of carbonyl (C=O) groups is 2. The van der Waals surface area contributed by atoms with Gasteiger partial charge in [-0.15, -0.1) is 5.73 Å². The van der Waals surface area contributed by atoms with E-state index in [0.717, 1.165) is 30.9 Å². The van der Waals surface area contributed by atoms with Gasteiger partial charge in [0, 0.05) is 91.6 Å². The molecule has 344 valence electrons. The normalized spacial score (nSPS) is 12.5. The Hall–Kier alpha value is -9.05. The summed E-state index contributed by atoms with van der Waals surface area (Å²) in [5, 5.41) is 43.4. The average Bonchev–Trinajstić information content (AvgIpc) is 4.15. The lowest BCUT2D eigenvalue weighted by atomic mass is 10.2. The minimum absolute atomic E-state index is 0.0139. The van der Waals surface area contributed by atoms with Gasteiger partial charge in [0.25, 0.3) is 17.1 Å². The van der Waals surface area contributed by atoms with E-state index in [1.54, 1.807) is 36.9 Å². The number of hydrogen-bond acceptors (Lipinski definition) is 16. The number of nitrogens with one attached hydrogen (secondary N) is 4. The van der Waals surface area contributed by atoms with Gasteiger partial charge in [-0.05, 0) is 18.2 Å². The molecule has 6 heterocycles. The van der Waals surface area contributed by atoms with Crippen molar-refractivity contribution >= 4 is 46.0 Å². The summed E-state index contributed by atoms with van der Waals surface area (Å²) in [4.78, 5) is 76.9. The summed E-state index contributed by atoms with van der Waals surface area (Å²) < 4.78 is 16.3. The van der Waals surface area contributed by atoms with Crippen LogP contribution in [-0.2, 0) is 28.9 Å². The molecular weight excluding hydrogens is 865 g/mol. The number of benzene rings is 3. The van der Waals surface area contributed by atoms with E-state index in [-0.39, 0.29) is 40.7 Å². The van der Waals surface area contributed by atoms with E-state index < -0.39 is 15.8 Å². The van der Waals surface area contributed by atoms with E-state index >= 15 is 0 Å². The Labute approximate surface area is 375 Å². The van der Waals surface area contributed by atoms with Crippen LogP contribution in [0.15, 0.2) is 111 Å². The van der Waals surface area contributed by atoms with Gasteiger partial charge >= 0.3 is 5.97 Å². The van der Waals surface area contributed by atoms with Crippen LogP contribution in [0.5, 0.6) is 17.2 Å². The Bertz CT molecular complexity index is 2600. The van der Waals surface area contributed by atoms with Crippen molar-refractivity contribution < 1.29 is 43.7 Å². The molecule has 3 aliphatic rings. The summed E-state index contributed by atoms with van der Waals surface area (Å²) in [6, 6.07) is 13.5. The fourth-order valence-electron chi connectivity index (χ4n) is 6.29. The van der Waals surface area contributed by atoms with Crippen molar-refractivity contribution in [1.82, 2.24) is 29.9 Å². The second-order valence-corrected chi connectivity index (χ2v) is 13.7. The quantitative estimate of drug-likeness (QED) is 0.0649. The lowest BCUT2D eigenvalue weighted by molar-refractivity contribution is -0.385. The molecule has 3 aliphatic heterocycles. The number of carboxylic acid groups (broad SMARTS) is 1. The number of anilines is 3. The predicted octanol–water partition coefficient (Wildman–Crippen LogP) is 5.44.